The average molecular weight is 356 g/mol. The van der Waals surface area contributed by atoms with Crippen LogP contribution in [0.4, 0.5) is 4.39 Å². The van der Waals surface area contributed by atoms with E-state index in [9.17, 15) is 14.0 Å². The average Bonchev–Trinajstić information content (AvgIpc) is 2.60. The van der Waals surface area contributed by atoms with E-state index in [1.807, 2.05) is 12.1 Å². The van der Waals surface area contributed by atoms with Gasteiger partial charge in [0.05, 0.1) is 6.54 Å². The highest BCUT2D eigenvalue weighted by Gasteiger charge is 2.16. The first-order chi connectivity index (χ1) is 12.2. The van der Waals surface area contributed by atoms with Crippen molar-refractivity contribution in [3.8, 4) is 0 Å². The molecule has 2 rings (SSSR count). The number of rotatable bonds is 5. The Hall–Kier alpha value is -2.69. The number of hydrogen-bond acceptors (Lipinski definition) is 2. The number of hydrogen-bond donors (Lipinski definition) is 1. The molecule has 0 spiro atoms. The second-order valence-corrected chi connectivity index (χ2v) is 7.35. The second kappa shape index (κ2) is 8.13. The number of carbonyl (C=O) groups is 2. The Kier molecular flexibility index (Phi) is 6.14. The largest absolute Gasteiger partial charge is 0.343 e. The second-order valence-electron chi connectivity index (χ2n) is 7.35. The lowest BCUT2D eigenvalue weighted by atomic mass is 9.87. The molecule has 5 heteroatoms. The highest BCUT2D eigenvalue weighted by Crippen LogP contribution is 2.22. The quantitative estimate of drug-likeness (QED) is 0.891. The van der Waals surface area contributed by atoms with E-state index in [0.717, 1.165) is 5.56 Å². The van der Waals surface area contributed by atoms with Crippen molar-refractivity contribution in [1.82, 2.24) is 10.2 Å². The van der Waals surface area contributed by atoms with Crippen LogP contribution in [0.15, 0.2) is 48.5 Å². The van der Waals surface area contributed by atoms with Crippen LogP contribution in [-0.4, -0.2) is 30.3 Å². The van der Waals surface area contributed by atoms with Gasteiger partial charge in [0, 0.05) is 24.7 Å². The van der Waals surface area contributed by atoms with Crippen molar-refractivity contribution in [2.24, 2.45) is 0 Å². The molecule has 0 aromatic heterocycles. The van der Waals surface area contributed by atoms with Crippen LogP contribution in [0.3, 0.4) is 0 Å². The van der Waals surface area contributed by atoms with Gasteiger partial charge in [0.2, 0.25) is 5.91 Å². The maximum atomic E-state index is 13.7. The molecule has 138 valence electrons. The van der Waals surface area contributed by atoms with Gasteiger partial charge in [-0.15, -0.1) is 0 Å². The summed E-state index contributed by atoms with van der Waals surface area (Å²) in [4.78, 5) is 25.8. The molecule has 0 heterocycles. The first-order valence-electron chi connectivity index (χ1n) is 8.54. The third kappa shape index (κ3) is 5.15. The minimum atomic E-state index is -0.352. The highest BCUT2D eigenvalue weighted by atomic mass is 19.1. The summed E-state index contributed by atoms with van der Waals surface area (Å²) in [5.41, 5.74) is 2.09. The van der Waals surface area contributed by atoms with E-state index in [4.69, 9.17) is 0 Å². The van der Waals surface area contributed by atoms with Gasteiger partial charge in [-0.05, 0) is 29.2 Å². The van der Waals surface area contributed by atoms with Crippen molar-refractivity contribution in [3.05, 3.63) is 71.0 Å². The normalized spacial score (nSPS) is 11.1. The Morgan fingerprint density at radius 1 is 1.04 bits per heavy atom. The molecule has 2 amide bonds. The number of halogens is 1. The van der Waals surface area contributed by atoms with Gasteiger partial charge in [-0.2, -0.15) is 0 Å². The molecule has 4 nitrogen and oxygen atoms in total. The Labute approximate surface area is 154 Å². The van der Waals surface area contributed by atoms with E-state index < -0.39 is 0 Å². The van der Waals surface area contributed by atoms with Gasteiger partial charge in [-0.3, -0.25) is 9.59 Å². The highest BCUT2D eigenvalue weighted by molar-refractivity contribution is 5.96. The van der Waals surface area contributed by atoms with Crippen molar-refractivity contribution >= 4 is 11.8 Å². The fourth-order valence-electron chi connectivity index (χ4n) is 2.48. The molecule has 0 saturated carbocycles. The van der Waals surface area contributed by atoms with E-state index >= 15 is 0 Å². The maximum absolute atomic E-state index is 13.7. The summed E-state index contributed by atoms with van der Waals surface area (Å²) in [6.45, 7) is 6.33. The first-order valence-corrected chi connectivity index (χ1v) is 8.54. The number of nitrogens with one attached hydrogen (secondary N) is 1. The molecule has 0 aliphatic rings. The summed E-state index contributed by atoms with van der Waals surface area (Å²) in [7, 11) is 1.58. The van der Waals surface area contributed by atoms with Crippen molar-refractivity contribution in [2.45, 2.75) is 32.7 Å². The first kappa shape index (κ1) is 19.6. The van der Waals surface area contributed by atoms with E-state index in [1.54, 1.807) is 37.4 Å². The fourth-order valence-corrected chi connectivity index (χ4v) is 2.48. The van der Waals surface area contributed by atoms with Gasteiger partial charge in [0.15, 0.2) is 0 Å². The van der Waals surface area contributed by atoms with E-state index in [-0.39, 0.29) is 36.1 Å². The summed E-state index contributed by atoms with van der Waals surface area (Å²) in [6, 6.07) is 13.7. The lowest BCUT2D eigenvalue weighted by Crippen LogP contribution is -2.38. The zero-order chi connectivity index (χ0) is 19.3. The van der Waals surface area contributed by atoms with Crippen LogP contribution < -0.4 is 5.32 Å². The van der Waals surface area contributed by atoms with Gasteiger partial charge in [0.25, 0.3) is 5.91 Å². The Morgan fingerprint density at radius 2 is 1.65 bits per heavy atom. The monoisotopic (exact) mass is 356 g/mol. The van der Waals surface area contributed by atoms with E-state index in [0.29, 0.717) is 11.1 Å². The van der Waals surface area contributed by atoms with Crippen molar-refractivity contribution in [3.63, 3.8) is 0 Å². The molecular formula is C21H25FN2O2. The van der Waals surface area contributed by atoms with Gasteiger partial charge in [-0.1, -0.05) is 51.1 Å². The van der Waals surface area contributed by atoms with Gasteiger partial charge in [0.1, 0.15) is 5.82 Å². The predicted molar refractivity (Wildman–Crippen MR) is 100 cm³/mol. The number of likely N-dealkylation sites (N-methyl/N-ethyl adjacent to an activating group) is 1. The van der Waals surface area contributed by atoms with E-state index in [2.05, 4.69) is 26.1 Å². The number of nitrogens with zero attached hydrogens (tertiary/aromatic N) is 1. The molecule has 0 bridgehead atoms. The molecule has 0 saturated heterocycles. The SMILES string of the molecule is CN(Cc1ccccc1F)C(=O)CNC(=O)c1ccc(C(C)(C)C)cc1. The molecular weight excluding hydrogens is 331 g/mol. The molecule has 0 fully saturated rings. The Bertz CT molecular complexity index is 779. The summed E-state index contributed by atoms with van der Waals surface area (Å²) >= 11 is 0. The molecule has 2 aromatic rings. The van der Waals surface area contributed by atoms with Crippen LogP contribution in [-0.2, 0) is 16.8 Å². The smallest absolute Gasteiger partial charge is 0.251 e. The minimum absolute atomic E-state index is 0.0143. The molecule has 26 heavy (non-hydrogen) atoms. The zero-order valence-electron chi connectivity index (χ0n) is 15.7. The lowest BCUT2D eigenvalue weighted by Gasteiger charge is -2.19. The molecule has 1 N–H and O–H groups in total. The number of amides is 2. The topological polar surface area (TPSA) is 49.4 Å². The van der Waals surface area contributed by atoms with Crippen LogP contribution in [0, 0.1) is 5.82 Å². The molecule has 0 atom stereocenters. The van der Waals surface area contributed by atoms with Gasteiger partial charge in [-0.25, -0.2) is 4.39 Å². The molecule has 0 radical (unpaired) electrons. The predicted octanol–water partition coefficient (Wildman–Crippen LogP) is 3.51. The summed E-state index contributed by atoms with van der Waals surface area (Å²) in [6.07, 6.45) is 0. The lowest BCUT2D eigenvalue weighted by molar-refractivity contribution is -0.129. The van der Waals surface area contributed by atoms with Crippen LogP contribution in [0.1, 0.15) is 42.3 Å². The summed E-state index contributed by atoms with van der Waals surface area (Å²) < 4.78 is 13.7. The molecule has 0 aliphatic heterocycles. The standard InChI is InChI=1S/C21H25FN2O2/c1-21(2,3)17-11-9-15(10-12-17)20(26)23-13-19(25)24(4)14-16-7-5-6-8-18(16)22/h5-12H,13-14H2,1-4H3,(H,23,26). The van der Waals surface area contributed by atoms with Crippen molar-refractivity contribution < 1.29 is 14.0 Å². The van der Waals surface area contributed by atoms with Crippen LogP contribution in [0.25, 0.3) is 0 Å². The molecule has 2 aromatic carbocycles. The summed E-state index contributed by atoms with van der Waals surface area (Å²) in [5.74, 6) is -0.943. The Balaban J connectivity index is 1.90. The zero-order valence-corrected chi connectivity index (χ0v) is 15.7. The van der Waals surface area contributed by atoms with Crippen molar-refractivity contribution in [1.29, 1.82) is 0 Å². The third-order valence-electron chi connectivity index (χ3n) is 4.20. The number of carbonyl (C=O) groups excluding carboxylic acids is 2. The fraction of sp³-hybridized carbons (Fsp3) is 0.333. The number of benzene rings is 2. The van der Waals surface area contributed by atoms with Crippen LogP contribution in [0.2, 0.25) is 0 Å². The van der Waals surface area contributed by atoms with E-state index in [1.165, 1.54) is 11.0 Å². The Morgan fingerprint density at radius 3 is 2.23 bits per heavy atom. The van der Waals surface area contributed by atoms with Crippen molar-refractivity contribution in [2.75, 3.05) is 13.6 Å². The van der Waals surface area contributed by atoms with Crippen LogP contribution >= 0.6 is 0 Å². The molecule has 0 unspecified atom stereocenters. The molecule has 0 aliphatic carbocycles. The minimum Gasteiger partial charge on any atom is -0.343 e. The van der Waals surface area contributed by atoms with Gasteiger partial charge >= 0.3 is 0 Å². The maximum Gasteiger partial charge on any atom is 0.251 e. The summed E-state index contributed by atoms with van der Waals surface area (Å²) in [5, 5.41) is 2.61. The van der Waals surface area contributed by atoms with Crippen LogP contribution in [0.5, 0.6) is 0 Å². The third-order valence-corrected chi connectivity index (χ3v) is 4.20. The van der Waals surface area contributed by atoms with Gasteiger partial charge < -0.3 is 10.2 Å².